The Kier molecular flexibility index (Phi) is 3.01. The van der Waals surface area contributed by atoms with Crippen LogP contribution in [0.2, 0.25) is 0 Å². The number of allylic oxidation sites excluding steroid dienone is 1. The third-order valence-electron chi connectivity index (χ3n) is 2.09. The summed E-state index contributed by atoms with van der Waals surface area (Å²) in [6.07, 6.45) is 0.744. The lowest BCUT2D eigenvalue weighted by atomic mass is 10.1. The number of hydrogen-bond acceptors (Lipinski definition) is 4. The molecular formula is C10H11O5P. The number of ether oxygens (including phenoxy) is 1. The fourth-order valence-electron chi connectivity index (χ4n) is 1.39. The van der Waals surface area contributed by atoms with Gasteiger partial charge in [-0.2, -0.15) is 0 Å². The third kappa shape index (κ3) is 2.44. The quantitative estimate of drug-likeness (QED) is 0.787. The van der Waals surface area contributed by atoms with Gasteiger partial charge in [0.05, 0.1) is 0 Å². The lowest BCUT2D eigenvalue weighted by molar-refractivity contribution is 0.252. The average molecular weight is 242 g/mol. The second-order valence-corrected chi connectivity index (χ2v) is 5.10. The molecule has 0 fully saturated rings. The summed E-state index contributed by atoms with van der Waals surface area (Å²) in [5.41, 5.74) is 0.873. The second-order valence-electron chi connectivity index (χ2n) is 3.36. The molecule has 86 valence electrons. The summed E-state index contributed by atoms with van der Waals surface area (Å²) in [6.45, 7) is 0. The minimum absolute atomic E-state index is 0.235. The molecule has 1 aliphatic rings. The fraction of sp³-hybridized carbons (Fsp3) is 0.200. The highest BCUT2D eigenvalue weighted by atomic mass is 31.2. The lowest BCUT2D eigenvalue weighted by Gasteiger charge is -2.19. The third-order valence-corrected chi connectivity index (χ3v) is 2.97. The van der Waals surface area contributed by atoms with E-state index in [2.05, 4.69) is 0 Å². The summed E-state index contributed by atoms with van der Waals surface area (Å²) in [4.78, 5) is 9.11. The molecule has 0 bridgehead atoms. The standard InChI is InChI=1S/C10H11O5P/c11-7-16(12,13)15-9-5-8-3-1-2-4-10(8)14-6-9/h1-4,6,11H,5,7H2,(H,12,13). The van der Waals surface area contributed by atoms with Crippen molar-refractivity contribution in [1.29, 1.82) is 0 Å². The van der Waals surface area contributed by atoms with Crippen molar-refractivity contribution >= 4 is 7.60 Å². The molecule has 0 saturated carbocycles. The van der Waals surface area contributed by atoms with Crippen molar-refractivity contribution in [3.05, 3.63) is 41.9 Å². The van der Waals surface area contributed by atoms with Crippen LogP contribution in [-0.2, 0) is 15.5 Å². The van der Waals surface area contributed by atoms with Gasteiger partial charge in [0.1, 0.15) is 17.8 Å². The molecule has 0 amide bonds. The Balaban J connectivity index is 2.13. The maximum atomic E-state index is 11.1. The number of benzene rings is 1. The molecule has 1 aliphatic heterocycles. The molecule has 1 aromatic carbocycles. The maximum absolute atomic E-state index is 11.1. The molecule has 16 heavy (non-hydrogen) atoms. The predicted octanol–water partition coefficient (Wildman–Crippen LogP) is 1.61. The van der Waals surface area contributed by atoms with Gasteiger partial charge in [-0.1, -0.05) is 18.2 Å². The van der Waals surface area contributed by atoms with Crippen molar-refractivity contribution in [3.63, 3.8) is 0 Å². The molecule has 5 nitrogen and oxygen atoms in total. The van der Waals surface area contributed by atoms with E-state index in [9.17, 15) is 4.57 Å². The molecule has 2 rings (SSSR count). The molecule has 1 unspecified atom stereocenters. The monoisotopic (exact) mass is 242 g/mol. The van der Waals surface area contributed by atoms with Crippen LogP contribution in [0.1, 0.15) is 5.56 Å². The van der Waals surface area contributed by atoms with Crippen LogP contribution in [0.3, 0.4) is 0 Å². The highest BCUT2D eigenvalue weighted by Gasteiger charge is 2.23. The van der Waals surface area contributed by atoms with E-state index >= 15 is 0 Å². The van der Waals surface area contributed by atoms with Crippen LogP contribution in [0, 0.1) is 0 Å². The molecule has 0 aromatic heterocycles. The molecule has 0 saturated heterocycles. The summed E-state index contributed by atoms with van der Waals surface area (Å²) in [5, 5.41) is 8.61. The second kappa shape index (κ2) is 4.29. The Bertz CT molecular complexity index is 468. The van der Waals surface area contributed by atoms with E-state index in [0.29, 0.717) is 12.2 Å². The summed E-state index contributed by atoms with van der Waals surface area (Å²) in [5.74, 6) is 0.935. The van der Waals surface area contributed by atoms with Crippen LogP contribution in [0.4, 0.5) is 0 Å². The van der Waals surface area contributed by atoms with Gasteiger partial charge in [0.25, 0.3) is 0 Å². The van der Waals surface area contributed by atoms with Crippen LogP contribution in [0.25, 0.3) is 0 Å². The Morgan fingerprint density at radius 1 is 1.44 bits per heavy atom. The van der Waals surface area contributed by atoms with Crippen molar-refractivity contribution in [1.82, 2.24) is 0 Å². The molecular weight excluding hydrogens is 231 g/mol. The van der Waals surface area contributed by atoms with Crippen LogP contribution in [0.15, 0.2) is 36.3 Å². The minimum atomic E-state index is -3.95. The normalized spacial score (nSPS) is 17.8. The molecule has 0 aliphatic carbocycles. The number of aliphatic hydroxyl groups excluding tert-OH is 1. The molecule has 1 atom stereocenters. The van der Waals surface area contributed by atoms with Gasteiger partial charge in [0.15, 0.2) is 6.35 Å². The van der Waals surface area contributed by atoms with E-state index in [1.807, 2.05) is 18.2 Å². The Labute approximate surface area is 92.5 Å². The summed E-state index contributed by atoms with van der Waals surface area (Å²) in [7, 11) is -3.95. The van der Waals surface area contributed by atoms with Gasteiger partial charge in [-0.05, 0) is 6.07 Å². The van der Waals surface area contributed by atoms with Crippen molar-refractivity contribution in [2.24, 2.45) is 0 Å². The van der Waals surface area contributed by atoms with Crippen LogP contribution >= 0.6 is 7.60 Å². The molecule has 0 radical (unpaired) electrons. The van der Waals surface area contributed by atoms with Gasteiger partial charge in [-0.3, -0.25) is 0 Å². The number of hydrogen-bond donors (Lipinski definition) is 2. The summed E-state index contributed by atoms with van der Waals surface area (Å²) >= 11 is 0. The first kappa shape index (κ1) is 11.2. The van der Waals surface area contributed by atoms with E-state index in [-0.39, 0.29) is 5.76 Å². The number of para-hydroxylation sites is 1. The van der Waals surface area contributed by atoms with Gasteiger partial charge in [0.2, 0.25) is 0 Å². The van der Waals surface area contributed by atoms with Crippen LogP contribution in [0.5, 0.6) is 5.75 Å². The smallest absolute Gasteiger partial charge is 0.401 e. The average Bonchev–Trinajstić information content (AvgIpc) is 2.28. The first-order valence-corrected chi connectivity index (χ1v) is 6.43. The Morgan fingerprint density at radius 2 is 2.19 bits per heavy atom. The number of aliphatic hydroxyl groups is 1. The van der Waals surface area contributed by atoms with E-state index in [1.54, 1.807) is 6.07 Å². The molecule has 6 heteroatoms. The van der Waals surface area contributed by atoms with E-state index < -0.39 is 13.9 Å². The zero-order chi connectivity index (χ0) is 11.6. The van der Waals surface area contributed by atoms with Crippen molar-refractivity contribution in [3.8, 4) is 5.75 Å². The highest BCUT2D eigenvalue weighted by molar-refractivity contribution is 7.52. The number of rotatable bonds is 3. The highest BCUT2D eigenvalue weighted by Crippen LogP contribution is 2.44. The van der Waals surface area contributed by atoms with Gasteiger partial charge < -0.3 is 19.3 Å². The van der Waals surface area contributed by atoms with Crippen LogP contribution in [-0.4, -0.2) is 16.3 Å². The topological polar surface area (TPSA) is 76.0 Å². The zero-order valence-electron chi connectivity index (χ0n) is 8.37. The molecule has 0 spiro atoms. The largest absolute Gasteiger partial charge is 0.461 e. The number of fused-ring (bicyclic) bond motifs is 1. The fourth-order valence-corrected chi connectivity index (χ4v) is 1.92. The van der Waals surface area contributed by atoms with Gasteiger partial charge in [-0.15, -0.1) is 0 Å². The minimum Gasteiger partial charge on any atom is -0.461 e. The first-order chi connectivity index (χ1) is 7.61. The van der Waals surface area contributed by atoms with Gasteiger partial charge in [0, 0.05) is 12.0 Å². The van der Waals surface area contributed by atoms with Gasteiger partial charge in [-0.25, -0.2) is 4.57 Å². The maximum Gasteiger partial charge on any atom is 0.401 e. The van der Waals surface area contributed by atoms with E-state index in [4.69, 9.17) is 19.3 Å². The Hall–Kier alpha value is -1.29. The Morgan fingerprint density at radius 3 is 2.94 bits per heavy atom. The van der Waals surface area contributed by atoms with Crippen LogP contribution < -0.4 is 4.74 Å². The lowest BCUT2D eigenvalue weighted by Crippen LogP contribution is -2.05. The van der Waals surface area contributed by atoms with Crippen molar-refractivity contribution in [2.75, 3.05) is 6.35 Å². The first-order valence-electron chi connectivity index (χ1n) is 4.66. The summed E-state index contributed by atoms with van der Waals surface area (Å²) in [6, 6.07) is 7.32. The summed E-state index contributed by atoms with van der Waals surface area (Å²) < 4.78 is 21.2. The van der Waals surface area contributed by atoms with Crippen molar-refractivity contribution in [2.45, 2.75) is 6.42 Å². The van der Waals surface area contributed by atoms with Gasteiger partial charge >= 0.3 is 7.60 Å². The zero-order valence-corrected chi connectivity index (χ0v) is 9.26. The van der Waals surface area contributed by atoms with Crippen molar-refractivity contribution < 1.29 is 23.8 Å². The molecule has 2 N–H and O–H groups in total. The van der Waals surface area contributed by atoms with E-state index in [0.717, 1.165) is 5.56 Å². The SMILES string of the molecule is O=P(O)(CO)OC1=COc2ccccc2C1. The predicted molar refractivity (Wildman–Crippen MR) is 56.9 cm³/mol. The molecule has 1 aromatic rings. The van der Waals surface area contributed by atoms with E-state index in [1.165, 1.54) is 6.26 Å². The molecule has 1 heterocycles.